The molecule has 0 radical (unpaired) electrons. The van der Waals surface area contributed by atoms with E-state index in [-0.39, 0.29) is 17.6 Å². The average molecular weight is 437 g/mol. The van der Waals surface area contributed by atoms with Crippen LogP contribution in [0.5, 0.6) is 5.75 Å². The third-order valence-electron chi connectivity index (χ3n) is 5.57. The summed E-state index contributed by atoms with van der Waals surface area (Å²) in [7, 11) is 1.62. The number of Topliss-reactive ketones (excluding diaryl/α,β-unsaturated/α-hetero) is 1. The maximum Gasteiger partial charge on any atom is 0.227 e. The number of rotatable bonds is 5. The number of hydrogen-bond donors (Lipinski definition) is 1. The number of carbonyl (C=O) groups is 1. The van der Waals surface area contributed by atoms with Crippen molar-refractivity contribution in [2.45, 2.75) is 36.2 Å². The van der Waals surface area contributed by atoms with Gasteiger partial charge < -0.3 is 10.1 Å². The Morgan fingerprint density at radius 3 is 2.94 bits per heavy atom. The maximum absolute atomic E-state index is 14.0. The second kappa shape index (κ2) is 8.19. The van der Waals surface area contributed by atoms with Gasteiger partial charge in [0.25, 0.3) is 0 Å². The second-order valence-electron chi connectivity index (χ2n) is 7.52. The molecule has 0 fully saturated rings. The fourth-order valence-corrected chi connectivity index (χ4v) is 4.89. The third kappa shape index (κ3) is 3.72. The van der Waals surface area contributed by atoms with E-state index in [0.717, 1.165) is 35.4 Å². The standard InChI is InChI=1S/C23H21FN4O2S/c1-30-16-8-4-7-14(12-16)21-20-18(10-5-11-19(20)29)25-22-26-23(27-28(21)22)31-13-15-6-2-3-9-17(15)24/h2-4,6-9,12,21H,5,10-11,13H2,1H3,(H,25,26,27). The van der Waals surface area contributed by atoms with Gasteiger partial charge >= 0.3 is 0 Å². The smallest absolute Gasteiger partial charge is 0.227 e. The van der Waals surface area contributed by atoms with E-state index in [2.05, 4.69) is 10.3 Å². The number of carbonyl (C=O) groups excluding carboxylic acids is 1. The first-order valence-corrected chi connectivity index (χ1v) is 11.1. The molecule has 1 N–H and O–H groups in total. The Labute approximate surface area is 183 Å². The Kier molecular flexibility index (Phi) is 5.23. The SMILES string of the molecule is COc1cccc(C2C3=C(CCCC3=O)Nc3nc(SCc4ccccc4F)nn32)c1. The molecule has 0 bridgehead atoms. The van der Waals surface area contributed by atoms with Crippen molar-refractivity contribution in [2.24, 2.45) is 0 Å². The zero-order chi connectivity index (χ0) is 21.4. The molecule has 6 nitrogen and oxygen atoms in total. The minimum Gasteiger partial charge on any atom is -0.497 e. The first-order chi connectivity index (χ1) is 15.1. The highest BCUT2D eigenvalue weighted by Crippen LogP contribution is 2.41. The molecule has 2 aromatic carbocycles. The molecule has 0 saturated heterocycles. The van der Waals surface area contributed by atoms with Crippen molar-refractivity contribution in [3.63, 3.8) is 0 Å². The van der Waals surface area contributed by atoms with Gasteiger partial charge in [0.1, 0.15) is 17.6 Å². The van der Waals surface area contributed by atoms with E-state index in [9.17, 15) is 9.18 Å². The van der Waals surface area contributed by atoms with Gasteiger partial charge in [-0.1, -0.05) is 42.1 Å². The van der Waals surface area contributed by atoms with Gasteiger partial charge in [0, 0.05) is 23.4 Å². The number of hydrogen-bond acceptors (Lipinski definition) is 6. The lowest BCUT2D eigenvalue weighted by molar-refractivity contribution is -0.116. The topological polar surface area (TPSA) is 69.0 Å². The summed E-state index contributed by atoms with van der Waals surface area (Å²) >= 11 is 1.37. The normalized spacial score (nSPS) is 17.7. The molecular formula is C23H21FN4O2S. The van der Waals surface area contributed by atoms with E-state index in [0.29, 0.717) is 28.8 Å². The summed E-state index contributed by atoms with van der Waals surface area (Å²) in [6.07, 6.45) is 2.14. The molecule has 158 valence electrons. The Bertz CT molecular complexity index is 1190. The van der Waals surface area contributed by atoms with Gasteiger partial charge in [-0.3, -0.25) is 4.79 Å². The number of nitrogens with one attached hydrogen (secondary N) is 1. The number of anilines is 1. The van der Waals surface area contributed by atoms with Gasteiger partial charge in [0.05, 0.1) is 7.11 Å². The summed E-state index contributed by atoms with van der Waals surface area (Å²) < 4.78 is 21.2. The molecule has 0 amide bonds. The molecular weight excluding hydrogens is 415 g/mol. The lowest BCUT2D eigenvalue weighted by atomic mass is 9.85. The number of halogens is 1. The van der Waals surface area contributed by atoms with Gasteiger partial charge in [-0.05, 0) is 42.2 Å². The van der Waals surface area contributed by atoms with Crippen LogP contribution in [0, 0.1) is 5.82 Å². The summed E-state index contributed by atoms with van der Waals surface area (Å²) in [6, 6.07) is 14.0. The zero-order valence-corrected chi connectivity index (χ0v) is 17.8. The van der Waals surface area contributed by atoms with Crippen LogP contribution >= 0.6 is 11.8 Å². The molecule has 1 aromatic heterocycles. The lowest BCUT2D eigenvalue weighted by Crippen LogP contribution is -2.31. The van der Waals surface area contributed by atoms with E-state index in [1.165, 1.54) is 17.8 Å². The third-order valence-corrected chi connectivity index (χ3v) is 6.46. The monoisotopic (exact) mass is 436 g/mol. The van der Waals surface area contributed by atoms with Crippen LogP contribution in [0.25, 0.3) is 0 Å². The van der Waals surface area contributed by atoms with Gasteiger partial charge in [0.15, 0.2) is 5.78 Å². The van der Waals surface area contributed by atoms with E-state index in [1.807, 2.05) is 30.3 Å². The molecule has 0 spiro atoms. The number of aromatic nitrogens is 3. The predicted octanol–water partition coefficient (Wildman–Crippen LogP) is 4.74. The quantitative estimate of drug-likeness (QED) is 0.583. The minimum atomic E-state index is -0.371. The lowest BCUT2D eigenvalue weighted by Gasteiger charge is -2.32. The molecule has 1 aliphatic heterocycles. The van der Waals surface area contributed by atoms with Crippen molar-refractivity contribution in [1.82, 2.24) is 14.8 Å². The molecule has 1 atom stereocenters. The Morgan fingerprint density at radius 1 is 1.23 bits per heavy atom. The van der Waals surface area contributed by atoms with Crippen molar-refractivity contribution in [2.75, 3.05) is 12.4 Å². The molecule has 1 aliphatic carbocycles. The Balaban J connectivity index is 1.52. The summed E-state index contributed by atoms with van der Waals surface area (Å²) in [6.45, 7) is 0. The molecule has 2 aliphatic rings. The fraction of sp³-hybridized carbons (Fsp3) is 0.261. The van der Waals surface area contributed by atoms with Crippen LogP contribution in [0.15, 0.2) is 65.0 Å². The second-order valence-corrected chi connectivity index (χ2v) is 8.46. The van der Waals surface area contributed by atoms with Crippen molar-refractivity contribution in [3.8, 4) is 5.75 Å². The van der Waals surface area contributed by atoms with Crippen LogP contribution in [-0.4, -0.2) is 27.7 Å². The van der Waals surface area contributed by atoms with E-state index >= 15 is 0 Å². The molecule has 2 heterocycles. The van der Waals surface area contributed by atoms with Crippen molar-refractivity contribution in [3.05, 3.63) is 76.7 Å². The van der Waals surface area contributed by atoms with Gasteiger partial charge in [-0.2, -0.15) is 4.98 Å². The molecule has 5 rings (SSSR count). The maximum atomic E-state index is 14.0. The number of fused-ring (bicyclic) bond motifs is 1. The van der Waals surface area contributed by atoms with Crippen LogP contribution in [0.4, 0.5) is 10.3 Å². The van der Waals surface area contributed by atoms with Crippen LogP contribution in [0.3, 0.4) is 0 Å². The number of methoxy groups -OCH3 is 1. The number of allylic oxidation sites excluding steroid dienone is 2. The van der Waals surface area contributed by atoms with Gasteiger partial charge in [-0.15, -0.1) is 5.10 Å². The summed E-state index contributed by atoms with van der Waals surface area (Å²) in [5.41, 5.74) is 3.17. The van der Waals surface area contributed by atoms with Crippen LogP contribution in [0.2, 0.25) is 0 Å². The summed E-state index contributed by atoms with van der Waals surface area (Å²) in [5.74, 6) is 1.62. The van der Waals surface area contributed by atoms with Gasteiger partial charge in [-0.25, -0.2) is 9.07 Å². The first-order valence-electron chi connectivity index (χ1n) is 10.1. The molecule has 8 heteroatoms. The van der Waals surface area contributed by atoms with Crippen molar-refractivity contribution < 1.29 is 13.9 Å². The highest BCUT2D eigenvalue weighted by Gasteiger charge is 2.37. The molecule has 1 unspecified atom stereocenters. The van der Waals surface area contributed by atoms with E-state index in [1.54, 1.807) is 23.9 Å². The number of ether oxygens (including phenoxy) is 1. The highest BCUT2D eigenvalue weighted by molar-refractivity contribution is 7.98. The number of nitrogens with zero attached hydrogens (tertiary/aromatic N) is 3. The van der Waals surface area contributed by atoms with Gasteiger partial charge in [0.2, 0.25) is 11.1 Å². The highest BCUT2D eigenvalue weighted by atomic mass is 32.2. The Hall–Kier alpha value is -3.13. The van der Waals surface area contributed by atoms with Crippen molar-refractivity contribution >= 4 is 23.5 Å². The molecule has 0 saturated carbocycles. The van der Waals surface area contributed by atoms with Crippen molar-refractivity contribution in [1.29, 1.82) is 0 Å². The summed E-state index contributed by atoms with van der Waals surface area (Å²) in [5, 5.41) is 8.54. The minimum absolute atomic E-state index is 0.128. The zero-order valence-electron chi connectivity index (χ0n) is 17.0. The largest absolute Gasteiger partial charge is 0.497 e. The Morgan fingerprint density at radius 2 is 2.10 bits per heavy atom. The predicted molar refractivity (Wildman–Crippen MR) is 117 cm³/mol. The fourth-order valence-electron chi connectivity index (χ4n) is 4.08. The summed E-state index contributed by atoms with van der Waals surface area (Å²) in [4.78, 5) is 17.5. The van der Waals surface area contributed by atoms with E-state index in [4.69, 9.17) is 9.84 Å². The van der Waals surface area contributed by atoms with E-state index < -0.39 is 0 Å². The molecule has 31 heavy (non-hydrogen) atoms. The van der Waals surface area contributed by atoms with Crippen LogP contribution in [0.1, 0.15) is 36.4 Å². The number of benzene rings is 2. The number of thioether (sulfide) groups is 1. The average Bonchev–Trinajstić information content (AvgIpc) is 3.20. The first kappa shape index (κ1) is 19.8. The van der Waals surface area contributed by atoms with Crippen LogP contribution < -0.4 is 10.1 Å². The number of ketones is 1. The molecule has 3 aromatic rings. The van der Waals surface area contributed by atoms with Crippen LogP contribution in [-0.2, 0) is 10.5 Å².